The van der Waals surface area contributed by atoms with Crippen LogP contribution in [0.5, 0.6) is 0 Å². The maximum atomic E-state index is 10.7. The molecular weight excluding hydrogens is 230 g/mol. The molecule has 0 bridgehead atoms. The summed E-state index contributed by atoms with van der Waals surface area (Å²) in [7, 11) is 0. The van der Waals surface area contributed by atoms with Crippen molar-refractivity contribution in [2.45, 2.75) is 54.4 Å². The molecule has 0 aromatic heterocycles. The van der Waals surface area contributed by atoms with Crippen molar-refractivity contribution in [1.29, 1.82) is 0 Å². The van der Waals surface area contributed by atoms with Gasteiger partial charge in [0.25, 0.3) is 0 Å². The lowest BCUT2D eigenvalue weighted by Gasteiger charge is -2.18. The average Bonchev–Trinajstić information content (AvgIpc) is 2.16. The van der Waals surface area contributed by atoms with Gasteiger partial charge in [0.1, 0.15) is 5.78 Å². The largest absolute Gasteiger partial charge is 0.396 e. The van der Waals surface area contributed by atoms with Gasteiger partial charge in [0.05, 0.1) is 0 Å². The smallest absolute Gasteiger partial charge is 0.216 e. The highest BCUT2D eigenvalue weighted by atomic mass is 16.3. The van der Waals surface area contributed by atoms with Gasteiger partial charge < -0.3 is 10.4 Å². The predicted octanol–water partition coefficient (Wildman–Crippen LogP) is 2.15. The van der Waals surface area contributed by atoms with Crippen molar-refractivity contribution in [2.75, 3.05) is 13.2 Å². The van der Waals surface area contributed by atoms with E-state index in [1.807, 2.05) is 13.8 Å². The fraction of sp³-hybridized carbons (Fsp3) is 0.857. The molecule has 0 saturated carbocycles. The maximum absolute atomic E-state index is 10.7. The van der Waals surface area contributed by atoms with Gasteiger partial charge in [-0.25, -0.2) is 0 Å². The number of nitrogens with one attached hydrogen (secondary N) is 1. The first-order valence-corrected chi connectivity index (χ1v) is 6.49. The summed E-state index contributed by atoms with van der Waals surface area (Å²) in [5.74, 6) is 0.879. The summed E-state index contributed by atoms with van der Waals surface area (Å²) < 4.78 is 0. The van der Waals surface area contributed by atoms with E-state index in [9.17, 15) is 9.59 Å². The van der Waals surface area contributed by atoms with E-state index in [0.717, 1.165) is 13.0 Å². The van der Waals surface area contributed by atoms with Gasteiger partial charge in [-0.15, -0.1) is 0 Å². The van der Waals surface area contributed by atoms with E-state index >= 15 is 0 Å². The number of carbonyl (C=O) groups is 2. The first kappa shape index (κ1) is 19.4. The minimum Gasteiger partial charge on any atom is -0.396 e. The van der Waals surface area contributed by atoms with Crippen LogP contribution in [-0.2, 0) is 9.59 Å². The molecule has 108 valence electrons. The number of ketones is 1. The van der Waals surface area contributed by atoms with Crippen LogP contribution >= 0.6 is 0 Å². The molecule has 18 heavy (non-hydrogen) atoms. The zero-order valence-electron chi connectivity index (χ0n) is 12.7. The standard InChI is InChI=1S/C7H15NO.C7H14O2/c1-6(2)4-5-8-7(3)9;1-6(9)7(2,3)4-5-8/h6H,4-5H2,1-3H3,(H,8,9);8H,4-5H2,1-3H3. The Morgan fingerprint density at radius 2 is 1.72 bits per heavy atom. The van der Waals surface area contributed by atoms with Crippen LogP contribution in [0.4, 0.5) is 0 Å². The molecule has 0 spiro atoms. The van der Waals surface area contributed by atoms with Gasteiger partial charge >= 0.3 is 0 Å². The molecule has 4 nitrogen and oxygen atoms in total. The van der Waals surface area contributed by atoms with Gasteiger partial charge in [-0.05, 0) is 25.7 Å². The van der Waals surface area contributed by atoms with Crippen LogP contribution in [0, 0.1) is 11.3 Å². The maximum Gasteiger partial charge on any atom is 0.216 e. The summed E-state index contributed by atoms with van der Waals surface area (Å²) in [4.78, 5) is 21.1. The van der Waals surface area contributed by atoms with Gasteiger partial charge in [0.2, 0.25) is 5.91 Å². The van der Waals surface area contributed by atoms with Crippen molar-refractivity contribution in [3.8, 4) is 0 Å². The van der Waals surface area contributed by atoms with Crippen LogP contribution in [-0.4, -0.2) is 29.9 Å². The number of hydrogen-bond donors (Lipinski definition) is 2. The van der Waals surface area contributed by atoms with Gasteiger partial charge in [0.15, 0.2) is 0 Å². The lowest BCUT2D eigenvalue weighted by molar-refractivity contribution is -0.125. The van der Waals surface area contributed by atoms with Crippen LogP contribution in [0.25, 0.3) is 0 Å². The molecule has 0 aliphatic carbocycles. The molecule has 0 saturated heterocycles. The SMILES string of the molecule is CC(=O)C(C)(C)CCO.CC(=O)NCCC(C)C. The number of carbonyl (C=O) groups excluding carboxylic acids is 2. The molecule has 0 radical (unpaired) electrons. The third kappa shape index (κ3) is 13.2. The number of rotatable bonds is 6. The van der Waals surface area contributed by atoms with Crippen LogP contribution in [0.1, 0.15) is 54.4 Å². The third-order valence-corrected chi connectivity index (χ3v) is 2.79. The Labute approximate surface area is 111 Å². The van der Waals surface area contributed by atoms with Crippen LogP contribution in [0.15, 0.2) is 0 Å². The molecule has 0 aromatic rings. The normalized spacial score (nSPS) is 10.7. The molecule has 2 N–H and O–H groups in total. The van der Waals surface area contributed by atoms with Gasteiger partial charge in [-0.3, -0.25) is 9.59 Å². The topological polar surface area (TPSA) is 66.4 Å². The Morgan fingerprint density at radius 3 is 1.94 bits per heavy atom. The summed E-state index contributed by atoms with van der Waals surface area (Å²) in [6, 6.07) is 0. The number of aliphatic hydroxyl groups is 1. The summed E-state index contributed by atoms with van der Waals surface area (Å²) in [6.45, 7) is 12.0. The zero-order valence-corrected chi connectivity index (χ0v) is 12.7. The van der Waals surface area contributed by atoms with E-state index in [0.29, 0.717) is 12.3 Å². The first-order chi connectivity index (χ1) is 8.13. The van der Waals surface area contributed by atoms with Gasteiger partial charge in [0, 0.05) is 25.5 Å². The highest BCUT2D eigenvalue weighted by Gasteiger charge is 2.21. The number of Topliss-reactive ketones (excluding diaryl/α,β-unsaturated/α-hetero) is 1. The van der Waals surface area contributed by atoms with Crippen molar-refractivity contribution in [3.63, 3.8) is 0 Å². The highest BCUT2D eigenvalue weighted by Crippen LogP contribution is 2.19. The minimum atomic E-state index is -0.339. The van der Waals surface area contributed by atoms with Crippen LogP contribution in [0.3, 0.4) is 0 Å². The molecule has 0 heterocycles. The summed E-state index contributed by atoms with van der Waals surface area (Å²) in [6.07, 6.45) is 1.63. The second-order valence-corrected chi connectivity index (χ2v) is 5.58. The number of aliphatic hydroxyl groups excluding tert-OH is 1. The molecule has 0 unspecified atom stereocenters. The summed E-state index contributed by atoms with van der Waals surface area (Å²) >= 11 is 0. The number of amides is 1. The van der Waals surface area contributed by atoms with E-state index in [1.54, 1.807) is 13.8 Å². The van der Waals surface area contributed by atoms with Crippen LogP contribution < -0.4 is 5.32 Å². The molecule has 0 fully saturated rings. The second-order valence-electron chi connectivity index (χ2n) is 5.58. The van der Waals surface area contributed by atoms with Crippen molar-refractivity contribution >= 4 is 11.7 Å². The fourth-order valence-electron chi connectivity index (χ4n) is 0.992. The van der Waals surface area contributed by atoms with E-state index in [1.165, 1.54) is 0 Å². The predicted molar refractivity (Wildman–Crippen MR) is 74.3 cm³/mol. The summed E-state index contributed by atoms with van der Waals surface area (Å²) in [5.41, 5.74) is -0.339. The highest BCUT2D eigenvalue weighted by molar-refractivity contribution is 5.81. The Hall–Kier alpha value is -0.900. The van der Waals surface area contributed by atoms with Crippen molar-refractivity contribution in [2.24, 2.45) is 11.3 Å². The molecular formula is C14H29NO3. The summed E-state index contributed by atoms with van der Waals surface area (Å²) in [5, 5.41) is 11.2. The van der Waals surface area contributed by atoms with E-state index < -0.39 is 0 Å². The average molecular weight is 259 g/mol. The molecule has 4 heteroatoms. The van der Waals surface area contributed by atoms with Crippen molar-refractivity contribution in [3.05, 3.63) is 0 Å². The second kappa shape index (κ2) is 10.1. The Balaban J connectivity index is 0. The molecule has 0 aliphatic heterocycles. The van der Waals surface area contributed by atoms with Crippen molar-refractivity contribution < 1.29 is 14.7 Å². The molecule has 1 amide bonds. The molecule has 0 rings (SSSR count). The van der Waals surface area contributed by atoms with Crippen molar-refractivity contribution in [1.82, 2.24) is 5.32 Å². The van der Waals surface area contributed by atoms with E-state index in [4.69, 9.17) is 5.11 Å². The Kier molecular flexibility index (Phi) is 10.9. The van der Waals surface area contributed by atoms with Gasteiger partial charge in [-0.1, -0.05) is 27.7 Å². The number of hydrogen-bond acceptors (Lipinski definition) is 3. The third-order valence-electron chi connectivity index (χ3n) is 2.79. The monoisotopic (exact) mass is 259 g/mol. The zero-order chi connectivity index (χ0) is 14.8. The Morgan fingerprint density at radius 1 is 1.22 bits per heavy atom. The molecule has 0 atom stereocenters. The molecule has 0 aromatic carbocycles. The lowest BCUT2D eigenvalue weighted by Crippen LogP contribution is -2.22. The fourth-order valence-corrected chi connectivity index (χ4v) is 0.992. The minimum absolute atomic E-state index is 0.0654. The lowest BCUT2D eigenvalue weighted by atomic mass is 9.86. The van der Waals surface area contributed by atoms with E-state index in [-0.39, 0.29) is 23.7 Å². The van der Waals surface area contributed by atoms with Crippen LogP contribution in [0.2, 0.25) is 0 Å². The Bertz CT molecular complexity index is 247. The first-order valence-electron chi connectivity index (χ1n) is 6.49. The molecule has 0 aliphatic rings. The van der Waals surface area contributed by atoms with E-state index in [2.05, 4.69) is 19.2 Å². The quantitative estimate of drug-likeness (QED) is 0.768. The van der Waals surface area contributed by atoms with Gasteiger partial charge in [-0.2, -0.15) is 0 Å².